The average molecular weight is 485 g/mol. The molecule has 0 aliphatic carbocycles. The Kier molecular flexibility index (Phi) is 15.0. The first-order chi connectivity index (χ1) is 15.4. The van der Waals surface area contributed by atoms with Crippen molar-refractivity contribution < 1.29 is 52.4 Å². The van der Waals surface area contributed by atoms with Crippen molar-refractivity contribution in [3.63, 3.8) is 0 Å². The van der Waals surface area contributed by atoms with E-state index in [0.29, 0.717) is 12.0 Å². The van der Waals surface area contributed by atoms with Crippen molar-refractivity contribution in [3.05, 3.63) is 48.0 Å². The Morgan fingerprint density at radius 3 is 1.94 bits per heavy atom. The SMILES string of the molecule is CCCCCCCCCCCCCCc1cccc(Oc2cccc(S(=O)(=O)O)c2)c1[O-].[Na+]. The zero-order chi connectivity index (χ0) is 23.2. The Morgan fingerprint density at radius 1 is 0.818 bits per heavy atom. The first kappa shape index (κ1) is 30.0. The Balaban J connectivity index is 0.00000544. The molecular weight excluding hydrogens is 447 g/mol. The van der Waals surface area contributed by atoms with E-state index in [9.17, 15) is 18.1 Å². The van der Waals surface area contributed by atoms with Crippen LogP contribution in [0, 0.1) is 0 Å². The molecule has 5 nitrogen and oxygen atoms in total. The predicted molar refractivity (Wildman–Crippen MR) is 127 cm³/mol. The molecule has 2 rings (SSSR count). The molecule has 2 aromatic carbocycles. The summed E-state index contributed by atoms with van der Waals surface area (Å²) in [5, 5.41) is 12.7. The first-order valence-corrected chi connectivity index (χ1v) is 13.4. The van der Waals surface area contributed by atoms with Gasteiger partial charge in [-0.05, 0) is 31.0 Å². The van der Waals surface area contributed by atoms with Gasteiger partial charge in [0, 0.05) is 6.07 Å². The molecule has 0 aliphatic rings. The molecule has 0 unspecified atom stereocenters. The van der Waals surface area contributed by atoms with Crippen molar-refractivity contribution in [1.29, 1.82) is 0 Å². The molecule has 0 saturated carbocycles. The zero-order valence-electron chi connectivity index (χ0n) is 20.2. The number of unbranched alkanes of at least 4 members (excludes halogenated alkanes) is 11. The van der Waals surface area contributed by atoms with Crippen molar-refractivity contribution in [2.24, 2.45) is 0 Å². The maximum absolute atomic E-state index is 12.7. The van der Waals surface area contributed by atoms with Crippen molar-refractivity contribution in [1.82, 2.24) is 0 Å². The molecule has 0 heterocycles. The molecule has 0 saturated heterocycles. The molecule has 0 atom stereocenters. The van der Waals surface area contributed by atoms with Crippen LogP contribution >= 0.6 is 0 Å². The third-order valence-corrected chi connectivity index (χ3v) is 6.54. The Morgan fingerprint density at radius 2 is 1.36 bits per heavy atom. The summed E-state index contributed by atoms with van der Waals surface area (Å²) in [7, 11) is -4.32. The van der Waals surface area contributed by atoms with Crippen LogP contribution in [-0.2, 0) is 16.5 Å². The van der Waals surface area contributed by atoms with Crippen LogP contribution < -0.4 is 39.4 Å². The maximum Gasteiger partial charge on any atom is 1.00 e. The van der Waals surface area contributed by atoms with Gasteiger partial charge in [-0.1, -0.05) is 107 Å². The topological polar surface area (TPSA) is 86.7 Å². The maximum atomic E-state index is 12.7. The smallest absolute Gasteiger partial charge is 0.870 e. The second-order valence-electron chi connectivity index (χ2n) is 8.44. The fourth-order valence-electron chi connectivity index (χ4n) is 3.82. The van der Waals surface area contributed by atoms with E-state index in [1.165, 1.54) is 82.4 Å². The van der Waals surface area contributed by atoms with E-state index >= 15 is 0 Å². The molecule has 0 fully saturated rings. The molecule has 178 valence electrons. The summed E-state index contributed by atoms with van der Waals surface area (Å²) < 4.78 is 37.4. The summed E-state index contributed by atoms with van der Waals surface area (Å²) in [6, 6.07) is 10.7. The molecule has 2 aromatic rings. The van der Waals surface area contributed by atoms with Gasteiger partial charge in [0.25, 0.3) is 10.1 Å². The third-order valence-electron chi connectivity index (χ3n) is 5.69. The van der Waals surface area contributed by atoms with Crippen LogP contribution in [0.15, 0.2) is 47.4 Å². The molecule has 1 N–H and O–H groups in total. The first-order valence-electron chi connectivity index (χ1n) is 12.0. The molecule has 0 aliphatic heterocycles. The van der Waals surface area contributed by atoms with Gasteiger partial charge in [0.2, 0.25) is 0 Å². The monoisotopic (exact) mass is 484 g/mol. The summed E-state index contributed by atoms with van der Waals surface area (Å²) >= 11 is 0. The van der Waals surface area contributed by atoms with E-state index in [0.717, 1.165) is 12.8 Å². The molecule has 0 amide bonds. The molecule has 0 bridgehead atoms. The number of aryl methyl sites for hydroxylation is 1. The minimum absolute atomic E-state index is 0. The molecule has 0 radical (unpaired) electrons. The van der Waals surface area contributed by atoms with Crippen LogP contribution in [-0.4, -0.2) is 13.0 Å². The van der Waals surface area contributed by atoms with Crippen LogP contribution in [0.3, 0.4) is 0 Å². The Hall–Kier alpha value is -1.05. The number of hydrogen-bond acceptors (Lipinski definition) is 4. The number of ether oxygens (including phenoxy) is 1. The largest absolute Gasteiger partial charge is 1.00 e. The van der Waals surface area contributed by atoms with E-state index in [2.05, 4.69) is 6.92 Å². The van der Waals surface area contributed by atoms with Crippen molar-refractivity contribution >= 4 is 10.1 Å². The minimum atomic E-state index is -4.32. The number of hydrogen-bond donors (Lipinski definition) is 1. The van der Waals surface area contributed by atoms with Crippen molar-refractivity contribution in [3.8, 4) is 17.2 Å². The van der Waals surface area contributed by atoms with Crippen LogP contribution in [0.4, 0.5) is 0 Å². The van der Waals surface area contributed by atoms with E-state index in [-0.39, 0.29) is 51.7 Å². The van der Waals surface area contributed by atoms with Crippen molar-refractivity contribution in [2.75, 3.05) is 0 Å². The van der Waals surface area contributed by atoms with Crippen LogP contribution in [0.5, 0.6) is 17.2 Å². The van der Waals surface area contributed by atoms with E-state index in [1.807, 2.05) is 6.07 Å². The van der Waals surface area contributed by atoms with E-state index < -0.39 is 10.1 Å². The number of para-hydroxylation sites is 1. The normalized spacial score (nSPS) is 11.2. The van der Waals surface area contributed by atoms with Gasteiger partial charge >= 0.3 is 29.6 Å². The fourth-order valence-corrected chi connectivity index (χ4v) is 4.34. The molecule has 33 heavy (non-hydrogen) atoms. The summed E-state index contributed by atoms with van der Waals surface area (Å²) in [6.07, 6.45) is 16.0. The zero-order valence-corrected chi connectivity index (χ0v) is 23.0. The van der Waals surface area contributed by atoms with Gasteiger partial charge in [0.05, 0.1) is 4.90 Å². The molecule has 0 aromatic heterocycles. The second kappa shape index (κ2) is 16.6. The standard InChI is InChI=1S/C26H38O5S.Na/c1-2-3-4-5-6-7-8-9-10-11-12-13-16-22-17-14-20-25(26(22)27)31-23-18-15-19-24(21-23)32(28,29)30;/h14-15,17-21,27H,2-13,16H2,1H3,(H,28,29,30);/q;+1/p-1. The van der Waals surface area contributed by atoms with E-state index in [4.69, 9.17) is 4.74 Å². The summed E-state index contributed by atoms with van der Waals surface area (Å²) in [4.78, 5) is -0.268. The summed E-state index contributed by atoms with van der Waals surface area (Å²) in [6.45, 7) is 2.25. The Bertz CT molecular complexity index is 915. The summed E-state index contributed by atoms with van der Waals surface area (Å²) in [5.74, 6) is 0.182. The number of benzene rings is 2. The van der Waals surface area contributed by atoms with Crippen LogP contribution in [0.1, 0.15) is 89.5 Å². The fraction of sp³-hybridized carbons (Fsp3) is 0.538. The van der Waals surface area contributed by atoms with Crippen LogP contribution in [0.25, 0.3) is 0 Å². The average Bonchev–Trinajstić information content (AvgIpc) is 2.76. The van der Waals surface area contributed by atoms with E-state index in [1.54, 1.807) is 18.2 Å². The van der Waals surface area contributed by atoms with Gasteiger partial charge in [-0.3, -0.25) is 4.55 Å². The van der Waals surface area contributed by atoms with Gasteiger partial charge in [-0.2, -0.15) is 8.42 Å². The van der Waals surface area contributed by atoms with Gasteiger partial charge in [0.1, 0.15) is 11.5 Å². The van der Waals surface area contributed by atoms with Gasteiger partial charge in [0.15, 0.2) is 0 Å². The third kappa shape index (κ3) is 11.8. The molecule has 7 heteroatoms. The molecular formula is C26H37NaO5S. The van der Waals surface area contributed by atoms with Crippen molar-refractivity contribution in [2.45, 2.75) is 95.3 Å². The summed E-state index contributed by atoms with van der Waals surface area (Å²) in [5.41, 5.74) is 0.709. The number of rotatable bonds is 16. The second-order valence-corrected chi connectivity index (χ2v) is 9.86. The van der Waals surface area contributed by atoms with Gasteiger partial charge in [-0.25, -0.2) is 0 Å². The van der Waals surface area contributed by atoms with Gasteiger partial charge in [-0.15, -0.1) is 0 Å². The predicted octanol–water partition coefficient (Wildman–Crippen LogP) is 4.05. The minimum Gasteiger partial charge on any atom is -0.870 e. The van der Waals surface area contributed by atoms with Crippen LogP contribution in [0.2, 0.25) is 0 Å². The van der Waals surface area contributed by atoms with Gasteiger partial charge < -0.3 is 9.84 Å². The quantitative estimate of drug-likeness (QED) is 0.221. The molecule has 0 spiro atoms. The Labute approximate surface area is 222 Å².